The summed E-state index contributed by atoms with van der Waals surface area (Å²) in [6, 6.07) is 16.2. The van der Waals surface area contributed by atoms with Crippen molar-refractivity contribution in [2.24, 2.45) is 29.0 Å². The molecular formula is C38H56N6O5. The molecule has 49 heavy (non-hydrogen) atoms. The van der Waals surface area contributed by atoms with Gasteiger partial charge in [0.05, 0.1) is 17.6 Å². The molecule has 0 aliphatic carbocycles. The summed E-state index contributed by atoms with van der Waals surface area (Å²) in [7, 11) is 0. The number of ketones is 2. The number of nitrogens with two attached hydrogens (primary N) is 3. The average Bonchev–Trinajstić information content (AvgIpc) is 3.50. The van der Waals surface area contributed by atoms with E-state index >= 15 is 0 Å². The number of benzene rings is 2. The Morgan fingerprint density at radius 2 is 1.49 bits per heavy atom. The van der Waals surface area contributed by atoms with E-state index in [-0.39, 0.29) is 48.7 Å². The Morgan fingerprint density at radius 3 is 2.06 bits per heavy atom. The summed E-state index contributed by atoms with van der Waals surface area (Å²) < 4.78 is 0. The summed E-state index contributed by atoms with van der Waals surface area (Å²) in [5.74, 6) is -2.60. The van der Waals surface area contributed by atoms with Gasteiger partial charge in [-0.2, -0.15) is 0 Å². The molecule has 0 aromatic heterocycles. The van der Waals surface area contributed by atoms with Crippen LogP contribution in [0.25, 0.3) is 0 Å². The molecule has 1 unspecified atom stereocenters. The highest BCUT2D eigenvalue weighted by molar-refractivity contribution is 5.95. The molecule has 11 nitrogen and oxygen atoms in total. The third kappa shape index (κ3) is 11.6. The summed E-state index contributed by atoms with van der Waals surface area (Å²) in [6.45, 7) is 8.08. The number of hydrogen-bond acceptors (Lipinski definition) is 8. The number of rotatable bonds is 19. The van der Waals surface area contributed by atoms with Gasteiger partial charge in [0.2, 0.25) is 17.7 Å². The average molecular weight is 677 g/mol. The lowest BCUT2D eigenvalue weighted by Gasteiger charge is -2.28. The minimum atomic E-state index is -1.10. The van der Waals surface area contributed by atoms with E-state index in [4.69, 9.17) is 17.2 Å². The van der Waals surface area contributed by atoms with Crippen molar-refractivity contribution in [2.75, 3.05) is 19.6 Å². The molecule has 2 aromatic carbocycles. The van der Waals surface area contributed by atoms with Crippen molar-refractivity contribution in [1.82, 2.24) is 15.5 Å². The summed E-state index contributed by atoms with van der Waals surface area (Å²) in [6.07, 6.45) is 2.51. The largest absolute Gasteiger partial charge is 0.345 e. The van der Waals surface area contributed by atoms with Gasteiger partial charge in [-0.3, -0.25) is 24.0 Å². The summed E-state index contributed by atoms with van der Waals surface area (Å²) in [5.41, 5.74) is 19.1. The first-order chi connectivity index (χ1) is 23.2. The van der Waals surface area contributed by atoms with Gasteiger partial charge in [0.1, 0.15) is 6.04 Å². The molecule has 6 atom stereocenters. The number of amides is 3. The van der Waals surface area contributed by atoms with Gasteiger partial charge in [-0.15, -0.1) is 0 Å². The van der Waals surface area contributed by atoms with Gasteiger partial charge in [0.15, 0.2) is 11.6 Å². The van der Waals surface area contributed by atoms with Crippen LogP contribution in [0.4, 0.5) is 0 Å². The van der Waals surface area contributed by atoms with Crippen LogP contribution in [-0.2, 0) is 30.4 Å². The Kier molecular flexibility index (Phi) is 15.1. The standard InChI is InChI=1S/C38H56N6O5/c1-25(2)21-30(35(47)42-31(17-11-12-19-39)37(49)44-20-18-38(41,24-44)27(4)45)23-33(46)32(22-28-13-7-5-8-14-28)43-36(48)34(40)26(3)29-15-9-6-10-16-29/h5-10,13-16,25-26,30-32,34H,11-12,17-24,39-41H2,1-4H3,(H,42,47)(H,43,48)/t26-,30+,31-,32-,34-,38?/m1/s1. The molecule has 8 N–H and O–H groups in total. The highest BCUT2D eigenvalue weighted by Gasteiger charge is 2.42. The fraction of sp³-hybridized carbons (Fsp3) is 0.553. The van der Waals surface area contributed by atoms with Crippen LogP contribution in [0.5, 0.6) is 0 Å². The molecule has 1 fully saturated rings. The van der Waals surface area contributed by atoms with Crippen molar-refractivity contribution in [3.05, 3.63) is 71.8 Å². The van der Waals surface area contributed by atoms with Crippen LogP contribution in [0.2, 0.25) is 0 Å². The molecule has 3 rings (SSSR count). The molecule has 268 valence electrons. The van der Waals surface area contributed by atoms with E-state index in [0.717, 1.165) is 11.1 Å². The molecule has 2 aromatic rings. The van der Waals surface area contributed by atoms with E-state index in [0.29, 0.717) is 45.2 Å². The topological polar surface area (TPSA) is 191 Å². The molecule has 11 heteroatoms. The predicted octanol–water partition coefficient (Wildman–Crippen LogP) is 2.60. The van der Waals surface area contributed by atoms with Crippen molar-refractivity contribution < 1.29 is 24.0 Å². The SMILES string of the molecule is CC(=O)C1(N)CCN(C(=O)[C@@H](CCCCN)NC(=O)[C@H](CC(=O)[C@@H](Cc2ccccc2)NC(=O)[C@H](N)[C@H](C)c2ccccc2)CC(C)C)C1. The third-order valence-electron chi connectivity index (χ3n) is 9.60. The molecule has 0 spiro atoms. The molecule has 3 amide bonds. The summed E-state index contributed by atoms with van der Waals surface area (Å²) >= 11 is 0. The van der Waals surface area contributed by atoms with Crippen LogP contribution in [-0.4, -0.2) is 77.5 Å². The van der Waals surface area contributed by atoms with E-state index in [1.54, 1.807) is 4.90 Å². The first-order valence-corrected chi connectivity index (χ1v) is 17.5. The first kappa shape index (κ1) is 39.5. The molecule has 1 saturated heterocycles. The zero-order chi connectivity index (χ0) is 36.1. The van der Waals surface area contributed by atoms with E-state index < -0.39 is 41.4 Å². The van der Waals surface area contributed by atoms with Gasteiger partial charge in [-0.05, 0) is 69.0 Å². The Labute approximate surface area is 291 Å². The second-order valence-corrected chi connectivity index (χ2v) is 14.0. The first-order valence-electron chi connectivity index (χ1n) is 17.5. The molecular weight excluding hydrogens is 620 g/mol. The minimum Gasteiger partial charge on any atom is -0.345 e. The molecule has 1 aliphatic heterocycles. The monoisotopic (exact) mass is 676 g/mol. The predicted molar refractivity (Wildman–Crippen MR) is 191 cm³/mol. The van der Waals surface area contributed by atoms with Crippen LogP contribution in [0, 0.1) is 11.8 Å². The number of likely N-dealkylation sites (tertiary alicyclic amines) is 1. The van der Waals surface area contributed by atoms with Crippen LogP contribution in [0.15, 0.2) is 60.7 Å². The maximum atomic E-state index is 14.0. The summed E-state index contributed by atoms with van der Waals surface area (Å²) in [5, 5.41) is 5.85. The highest BCUT2D eigenvalue weighted by Crippen LogP contribution is 2.24. The van der Waals surface area contributed by atoms with Crippen molar-refractivity contribution in [3.63, 3.8) is 0 Å². The number of carbonyl (C=O) groups excluding carboxylic acids is 5. The number of unbranched alkanes of at least 4 members (excludes halogenated alkanes) is 1. The quantitative estimate of drug-likeness (QED) is 0.140. The maximum Gasteiger partial charge on any atom is 0.245 e. The van der Waals surface area contributed by atoms with Crippen molar-refractivity contribution in [2.45, 2.75) is 102 Å². The number of nitrogens with zero attached hydrogens (tertiary/aromatic N) is 1. The molecule has 1 aliphatic rings. The van der Waals surface area contributed by atoms with E-state index in [1.807, 2.05) is 81.4 Å². The molecule has 0 bridgehead atoms. The van der Waals surface area contributed by atoms with Crippen molar-refractivity contribution in [1.29, 1.82) is 0 Å². The molecule has 0 saturated carbocycles. The van der Waals surface area contributed by atoms with E-state index in [9.17, 15) is 24.0 Å². The van der Waals surface area contributed by atoms with Gasteiger partial charge in [-0.1, -0.05) is 81.4 Å². The molecule has 0 radical (unpaired) electrons. The van der Waals surface area contributed by atoms with Gasteiger partial charge in [0, 0.05) is 31.3 Å². The normalized spacial score (nSPS) is 19.1. The van der Waals surface area contributed by atoms with Gasteiger partial charge < -0.3 is 32.7 Å². The highest BCUT2D eigenvalue weighted by atomic mass is 16.2. The van der Waals surface area contributed by atoms with Gasteiger partial charge >= 0.3 is 0 Å². The lowest BCUT2D eigenvalue weighted by Crippen LogP contribution is -2.54. The van der Waals surface area contributed by atoms with Gasteiger partial charge in [0.25, 0.3) is 0 Å². The van der Waals surface area contributed by atoms with Crippen LogP contribution >= 0.6 is 0 Å². The lowest BCUT2D eigenvalue weighted by atomic mass is 9.87. The third-order valence-corrected chi connectivity index (χ3v) is 9.60. The Morgan fingerprint density at radius 1 is 0.878 bits per heavy atom. The zero-order valence-corrected chi connectivity index (χ0v) is 29.5. The minimum absolute atomic E-state index is 0.0734. The smallest absolute Gasteiger partial charge is 0.245 e. The van der Waals surface area contributed by atoms with Crippen molar-refractivity contribution >= 4 is 29.3 Å². The van der Waals surface area contributed by atoms with E-state index in [1.165, 1.54) is 6.92 Å². The number of carbonyl (C=O) groups is 5. The van der Waals surface area contributed by atoms with Crippen LogP contribution < -0.4 is 27.8 Å². The van der Waals surface area contributed by atoms with Crippen molar-refractivity contribution in [3.8, 4) is 0 Å². The Bertz CT molecular complexity index is 1400. The Hall–Kier alpha value is -3.93. The lowest BCUT2D eigenvalue weighted by molar-refractivity contribution is -0.138. The number of nitrogens with one attached hydrogen (secondary N) is 2. The molecule has 1 heterocycles. The fourth-order valence-electron chi connectivity index (χ4n) is 6.36. The van der Waals surface area contributed by atoms with Crippen LogP contribution in [0.3, 0.4) is 0 Å². The van der Waals surface area contributed by atoms with Crippen LogP contribution in [0.1, 0.15) is 83.3 Å². The Balaban J connectivity index is 1.80. The fourth-order valence-corrected chi connectivity index (χ4v) is 6.36. The summed E-state index contributed by atoms with van der Waals surface area (Å²) in [4.78, 5) is 68.8. The zero-order valence-electron chi connectivity index (χ0n) is 29.5. The second kappa shape index (κ2) is 18.7. The van der Waals surface area contributed by atoms with Gasteiger partial charge in [-0.25, -0.2) is 0 Å². The maximum absolute atomic E-state index is 14.0. The van der Waals surface area contributed by atoms with E-state index in [2.05, 4.69) is 10.6 Å². The number of hydrogen-bond donors (Lipinski definition) is 5. The second-order valence-electron chi connectivity index (χ2n) is 14.0. The number of Topliss-reactive ketones (excluding diaryl/α,β-unsaturated/α-hetero) is 2.